The second kappa shape index (κ2) is 8.43. The quantitative estimate of drug-likeness (QED) is 0.361. The van der Waals surface area contributed by atoms with Crippen LogP contribution < -0.4 is 15.0 Å². The third-order valence-electron chi connectivity index (χ3n) is 3.84. The fraction of sp³-hybridized carbons (Fsp3) is 0.167. The first-order valence-corrected chi connectivity index (χ1v) is 8.30. The van der Waals surface area contributed by atoms with E-state index in [1.807, 2.05) is 0 Å². The van der Waals surface area contributed by atoms with Gasteiger partial charge in [-0.25, -0.2) is 17.6 Å². The number of hydrogen-bond donors (Lipinski definition) is 1. The molecule has 0 atom stereocenters. The molecule has 0 unspecified atom stereocenters. The van der Waals surface area contributed by atoms with Crippen LogP contribution in [0.1, 0.15) is 5.56 Å². The van der Waals surface area contributed by atoms with Crippen LogP contribution in [-0.4, -0.2) is 29.0 Å². The van der Waals surface area contributed by atoms with Crippen LogP contribution in [0.3, 0.4) is 0 Å². The van der Waals surface area contributed by atoms with Gasteiger partial charge in [0.2, 0.25) is 46.7 Å². The van der Waals surface area contributed by atoms with E-state index in [4.69, 9.17) is 4.74 Å². The van der Waals surface area contributed by atoms with Gasteiger partial charge in [0.15, 0.2) is 0 Å². The van der Waals surface area contributed by atoms with Crippen LogP contribution in [0.15, 0.2) is 24.3 Å². The Kier molecular flexibility index (Phi) is 5.94. The van der Waals surface area contributed by atoms with Crippen LogP contribution in [0.2, 0.25) is 0 Å². The number of rotatable bonds is 6. The van der Waals surface area contributed by atoms with Crippen molar-refractivity contribution >= 4 is 11.9 Å². The molecular weight excluding hydrogens is 416 g/mol. The van der Waals surface area contributed by atoms with E-state index in [1.165, 1.54) is 37.2 Å². The molecule has 0 aliphatic rings. The Morgan fingerprint density at radius 1 is 0.900 bits per heavy atom. The van der Waals surface area contributed by atoms with E-state index < -0.39 is 46.7 Å². The van der Waals surface area contributed by atoms with Gasteiger partial charge in [-0.05, 0) is 17.7 Å². The molecule has 0 radical (unpaired) electrons. The summed E-state index contributed by atoms with van der Waals surface area (Å²) in [6.07, 6.45) is 0. The second-order valence-electron chi connectivity index (χ2n) is 5.98. The van der Waals surface area contributed by atoms with Gasteiger partial charge in [-0.1, -0.05) is 12.1 Å². The van der Waals surface area contributed by atoms with E-state index in [1.54, 1.807) is 6.07 Å². The minimum Gasteiger partial charge on any atom is -0.418 e. The number of ether oxygens (including phenoxy) is 1. The third-order valence-corrected chi connectivity index (χ3v) is 3.84. The van der Waals surface area contributed by atoms with Crippen molar-refractivity contribution in [2.75, 3.05) is 24.3 Å². The van der Waals surface area contributed by atoms with Crippen molar-refractivity contribution in [3.8, 4) is 11.8 Å². The van der Waals surface area contributed by atoms with Gasteiger partial charge in [-0.2, -0.15) is 23.7 Å². The Balaban J connectivity index is 1.96. The van der Waals surface area contributed by atoms with Crippen molar-refractivity contribution in [3.05, 3.63) is 64.7 Å². The van der Waals surface area contributed by atoms with E-state index in [0.717, 1.165) is 0 Å². The lowest BCUT2D eigenvalue weighted by atomic mass is 10.2. The number of hydrogen-bond acceptors (Lipinski definition) is 6. The number of nitrogens with one attached hydrogen (secondary N) is 1. The normalized spacial score (nSPS) is 10.8. The van der Waals surface area contributed by atoms with Crippen molar-refractivity contribution < 1.29 is 31.1 Å². The van der Waals surface area contributed by atoms with Gasteiger partial charge in [0.25, 0.3) is 0 Å². The molecule has 3 rings (SSSR count). The van der Waals surface area contributed by atoms with E-state index in [9.17, 15) is 26.3 Å². The van der Waals surface area contributed by atoms with Gasteiger partial charge in [-0.15, -0.1) is 0 Å². The third kappa shape index (κ3) is 4.21. The summed E-state index contributed by atoms with van der Waals surface area (Å²) in [5.74, 6) is -13.2. The first kappa shape index (κ1) is 21.1. The molecule has 30 heavy (non-hydrogen) atoms. The molecule has 2 aromatic carbocycles. The monoisotopic (exact) mass is 429 g/mol. The Hall–Kier alpha value is -3.57. The van der Waals surface area contributed by atoms with Crippen molar-refractivity contribution in [2.24, 2.45) is 0 Å². The smallest absolute Gasteiger partial charge is 0.328 e. The van der Waals surface area contributed by atoms with Crippen molar-refractivity contribution in [3.63, 3.8) is 0 Å². The standard InChI is InChI=1S/C18H13F6N5O/c1-25-16-26-17(29(2)7-8-4-3-5-9(19)6-8)28-18(27-16)30-15-13(23)11(21)10(20)12(22)14(15)24/h3-6H,7H2,1-2H3,(H,25,26,27,28). The van der Waals surface area contributed by atoms with Crippen molar-refractivity contribution in [2.45, 2.75) is 6.54 Å². The summed E-state index contributed by atoms with van der Waals surface area (Å²) in [4.78, 5) is 13.0. The molecule has 1 heterocycles. The molecule has 1 aromatic heterocycles. The molecule has 12 heteroatoms. The molecule has 0 saturated heterocycles. The minimum atomic E-state index is -2.32. The van der Waals surface area contributed by atoms with Crippen LogP contribution in [0, 0.1) is 34.9 Å². The highest BCUT2D eigenvalue weighted by atomic mass is 19.2. The molecule has 6 nitrogen and oxygen atoms in total. The van der Waals surface area contributed by atoms with Gasteiger partial charge < -0.3 is 15.0 Å². The lowest BCUT2D eigenvalue weighted by molar-refractivity contribution is 0.322. The first-order chi connectivity index (χ1) is 14.2. The average Bonchev–Trinajstić information content (AvgIpc) is 2.73. The van der Waals surface area contributed by atoms with E-state index in [2.05, 4.69) is 20.3 Å². The summed E-state index contributed by atoms with van der Waals surface area (Å²) in [7, 11) is 2.95. The van der Waals surface area contributed by atoms with Crippen molar-refractivity contribution in [1.82, 2.24) is 15.0 Å². The topological polar surface area (TPSA) is 63.2 Å². The predicted molar refractivity (Wildman–Crippen MR) is 94.2 cm³/mol. The highest BCUT2D eigenvalue weighted by Crippen LogP contribution is 2.32. The summed E-state index contributed by atoms with van der Waals surface area (Å²) < 4.78 is 85.9. The molecule has 0 amide bonds. The highest BCUT2D eigenvalue weighted by Gasteiger charge is 2.28. The average molecular weight is 429 g/mol. The second-order valence-corrected chi connectivity index (χ2v) is 5.98. The summed E-state index contributed by atoms with van der Waals surface area (Å²) in [6, 6.07) is 4.97. The lowest BCUT2D eigenvalue weighted by Gasteiger charge is -2.18. The molecule has 158 valence electrons. The maximum absolute atomic E-state index is 13.9. The fourth-order valence-electron chi connectivity index (χ4n) is 2.42. The summed E-state index contributed by atoms with van der Waals surface area (Å²) in [5, 5.41) is 2.56. The summed E-state index contributed by atoms with van der Waals surface area (Å²) in [6.45, 7) is 0.132. The maximum Gasteiger partial charge on any atom is 0.328 e. The molecule has 0 bridgehead atoms. The van der Waals surface area contributed by atoms with E-state index >= 15 is 0 Å². The fourth-order valence-corrected chi connectivity index (χ4v) is 2.42. The van der Waals surface area contributed by atoms with Crippen molar-refractivity contribution in [1.29, 1.82) is 0 Å². The van der Waals surface area contributed by atoms with Crippen LogP contribution >= 0.6 is 0 Å². The number of anilines is 2. The summed E-state index contributed by atoms with van der Waals surface area (Å²) >= 11 is 0. The molecule has 0 aliphatic carbocycles. The number of halogens is 6. The zero-order valence-electron chi connectivity index (χ0n) is 15.5. The summed E-state index contributed by atoms with van der Waals surface area (Å²) in [5.41, 5.74) is 0.561. The molecule has 1 N–H and O–H groups in total. The van der Waals surface area contributed by atoms with Gasteiger partial charge >= 0.3 is 6.01 Å². The minimum absolute atomic E-state index is 0.0718. The SMILES string of the molecule is CNc1nc(Oc2c(F)c(F)c(F)c(F)c2F)nc(N(C)Cc2cccc(F)c2)n1. The molecular formula is C18H13F6N5O. The zero-order chi connectivity index (χ0) is 22.0. The highest BCUT2D eigenvalue weighted by molar-refractivity contribution is 5.40. The Labute approximate surface area is 166 Å². The van der Waals surface area contributed by atoms with E-state index in [-0.39, 0.29) is 18.4 Å². The number of benzene rings is 2. The maximum atomic E-state index is 13.9. The molecule has 0 spiro atoms. The van der Waals surface area contributed by atoms with Gasteiger partial charge in [-0.3, -0.25) is 0 Å². The van der Waals surface area contributed by atoms with Gasteiger partial charge in [0.05, 0.1) is 0 Å². The molecule has 0 saturated carbocycles. The Morgan fingerprint density at radius 2 is 1.53 bits per heavy atom. The van der Waals surface area contributed by atoms with Crippen LogP contribution in [-0.2, 0) is 6.54 Å². The van der Waals surface area contributed by atoms with Gasteiger partial charge in [0, 0.05) is 20.6 Å². The van der Waals surface area contributed by atoms with Crippen LogP contribution in [0.25, 0.3) is 0 Å². The predicted octanol–water partition coefficient (Wildman–Crippen LogP) is 4.18. The largest absolute Gasteiger partial charge is 0.418 e. The molecule has 3 aromatic rings. The Morgan fingerprint density at radius 3 is 2.13 bits per heavy atom. The molecule has 0 fully saturated rings. The van der Waals surface area contributed by atoms with Gasteiger partial charge in [0.1, 0.15) is 5.82 Å². The van der Waals surface area contributed by atoms with E-state index in [0.29, 0.717) is 5.56 Å². The zero-order valence-corrected chi connectivity index (χ0v) is 15.5. The van der Waals surface area contributed by atoms with Crippen LogP contribution in [0.4, 0.5) is 38.2 Å². The lowest BCUT2D eigenvalue weighted by Crippen LogP contribution is -2.20. The number of nitrogens with zero attached hydrogens (tertiary/aromatic N) is 4. The first-order valence-electron chi connectivity index (χ1n) is 8.30. The Bertz CT molecular complexity index is 1070. The number of aromatic nitrogens is 3. The molecule has 0 aliphatic heterocycles. The van der Waals surface area contributed by atoms with Crippen LogP contribution in [0.5, 0.6) is 11.8 Å².